The SMILES string of the molecule is CN(C)C1CCN(S(=O)(=O)c2cccc(-c3ccc(C=N)cc3)n2)CC1. The van der Waals surface area contributed by atoms with Crippen LogP contribution in [0.4, 0.5) is 0 Å². The summed E-state index contributed by atoms with van der Waals surface area (Å²) in [6.45, 7) is 1.04. The van der Waals surface area contributed by atoms with Crippen molar-refractivity contribution in [3.63, 3.8) is 0 Å². The first-order chi connectivity index (χ1) is 12.4. The smallest absolute Gasteiger partial charge is 0.260 e. The van der Waals surface area contributed by atoms with Crippen LogP contribution in [0.2, 0.25) is 0 Å². The molecule has 7 heteroatoms. The number of rotatable bonds is 5. The van der Waals surface area contributed by atoms with Gasteiger partial charge < -0.3 is 10.3 Å². The van der Waals surface area contributed by atoms with Gasteiger partial charge >= 0.3 is 0 Å². The second-order valence-corrected chi connectivity index (χ2v) is 8.61. The second kappa shape index (κ2) is 7.65. The summed E-state index contributed by atoms with van der Waals surface area (Å²) in [4.78, 5) is 6.56. The monoisotopic (exact) mass is 372 g/mol. The van der Waals surface area contributed by atoms with Gasteiger partial charge in [-0.3, -0.25) is 0 Å². The van der Waals surface area contributed by atoms with Gasteiger partial charge in [-0.15, -0.1) is 0 Å². The van der Waals surface area contributed by atoms with Gasteiger partial charge in [0.2, 0.25) is 0 Å². The molecule has 0 radical (unpaired) electrons. The van der Waals surface area contributed by atoms with Crippen molar-refractivity contribution >= 4 is 16.2 Å². The Kier molecular flexibility index (Phi) is 5.50. The van der Waals surface area contributed by atoms with Crippen LogP contribution >= 0.6 is 0 Å². The molecule has 1 aliphatic rings. The van der Waals surface area contributed by atoms with Crippen LogP contribution in [0, 0.1) is 5.41 Å². The number of nitrogens with zero attached hydrogens (tertiary/aromatic N) is 3. The van der Waals surface area contributed by atoms with Gasteiger partial charge in [-0.2, -0.15) is 4.31 Å². The Morgan fingerprint density at radius 3 is 2.35 bits per heavy atom. The zero-order chi connectivity index (χ0) is 18.7. The number of pyridine rings is 1. The molecule has 2 heterocycles. The molecular weight excluding hydrogens is 348 g/mol. The first-order valence-corrected chi connectivity index (χ1v) is 10.1. The van der Waals surface area contributed by atoms with E-state index in [4.69, 9.17) is 5.41 Å². The van der Waals surface area contributed by atoms with Crippen molar-refractivity contribution in [2.75, 3.05) is 27.2 Å². The van der Waals surface area contributed by atoms with Crippen molar-refractivity contribution in [3.8, 4) is 11.3 Å². The Morgan fingerprint density at radius 2 is 1.77 bits per heavy atom. The number of hydrogen-bond acceptors (Lipinski definition) is 5. The van der Waals surface area contributed by atoms with Crippen LogP contribution in [0.1, 0.15) is 18.4 Å². The molecule has 1 fully saturated rings. The molecule has 0 amide bonds. The number of benzene rings is 1. The third kappa shape index (κ3) is 3.85. The molecule has 1 saturated heterocycles. The van der Waals surface area contributed by atoms with Crippen molar-refractivity contribution in [2.24, 2.45) is 0 Å². The molecule has 6 nitrogen and oxygen atoms in total. The van der Waals surface area contributed by atoms with E-state index in [1.54, 1.807) is 18.2 Å². The van der Waals surface area contributed by atoms with Crippen LogP contribution in [0.15, 0.2) is 47.5 Å². The molecule has 1 aliphatic heterocycles. The average molecular weight is 372 g/mol. The first kappa shape index (κ1) is 18.7. The first-order valence-electron chi connectivity index (χ1n) is 8.66. The Labute approximate surface area is 155 Å². The zero-order valence-electron chi connectivity index (χ0n) is 15.1. The van der Waals surface area contributed by atoms with Gasteiger partial charge in [0.05, 0.1) is 5.69 Å². The average Bonchev–Trinajstić information content (AvgIpc) is 2.68. The van der Waals surface area contributed by atoms with Crippen LogP contribution in [0.5, 0.6) is 0 Å². The van der Waals surface area contributed by atoms with Crippen molar-refractivity contribution in [1.29, 1.82) is 5.41 Å². The van der Waals surface area contributed by atoms with E-state index in [1.165, 1.54) is 10.5 Å². The van der Waals surface area contributed by atoms with Crippen LogP contribution in [-0.2, 0) is 10.0 Å². The molecule has 138 valence electrons. The normalized spacial score (nSPS) is 16.7. The Hall–Kier alpha value is -2.09. The Bertz CT molecular complexity index is 871. The molecule has 0 saturated carbocycles. The van der Waals surface area contributed by atoms with E-state index in [1.807, 2.05) is 38.4 Å². The largest absolute Gasteiger partial charge is 0.308 e. The maximum Gasteiger partial charge on any atom is 0.260 e. The highest BCUT2D eigenvalue weighted by Gasteiger charge is 2.31. The molecule has 0 atom stereocenters. The summed E-state index contributed by atoms with van der Waals surface area (Å²) < 4.78 is 27.5. The number of sulfonamides is 1. The van der Waals surface area contributed by atoms with E-state index >= 15 is 0 Å². The van der Waals surface area contributed by atoms with E-state index in [0.717, 1.165) is 24.0 Å². The number of nitrogens with one attached hydrogen (secondary N) is 1. The summed E-state index contributed by atoms with van der Waals surface area (Å²) in [6, 6.07) is 12.8. The van der Waals surface area contributed by atoms with Gasteiger partial charge in [-0.05, 0) is 44.6 Å². The molecular formula is C19H24N4O2S. The van der Waals surface area contributed by atoms with Gasteiger partial charge in [0.25, 0.3) is 10.0 Å². The fourth-order valence-electron chi connectivity index (χ4n) is 3.20. The van der Waals surface area contributed by atoms with Crippen LogP contribution in [-0.4, -0.2) is 62.0 Å². The topological polar surface area (TPSA) is 77.4 Å². The van der Waals surface area contributed by atoms with Crippen LogP contribution in [0.3, 0.4) is 0 Å². The van der Waals surface area contributed by atoms with Gasteiger partial charge in [0.1, 0.15) is 0 Å². The molecule has 1 N–H and O–H groups in total. The molecule has 0 spiro atoms. The maximum atomic E-state index is 13.0. The molecule has 1 aromatic carbocycles. The summed E-state index contributed by atoms with van der Waals surface area (Å²) >= 11 is 0. The van der Waals surface area contributed by atoms with Crippen molar-refractivity contribution in [1.82, 2.24) is 14.2 Å². The van der Waals surface area contributed by atoms with E-state index in [2.05, 4.69) is 9.88 Å². The number of piperidine rings is 1. The number of aromatic nitrogens is 1. The Balaban J connectivity index is 1.83. The van der Waals surface area contributed by atoms with Gasteiger partial charge in [-0.1, -0.05) is 30.3 Å². The second-order valence-electron chi connectivity index (χ2n) is 6.73. The summed E-state index contributed by atoms with van der Waals surface area (Å²) in [7, 11) is 0.476. The third-order valence-electron chi connectivity index (χ3n) is 4.85. The lowest BCUT2D eigenvalue weighted by Crippen LogP contribution is -2.44. The van der Waals surface area contributed by atoms with Gasteiger partial charge in [0, 0.05) is 30.9 Å². The van der Waals surface area contributed by atoms with Gasteiger partial charge in [0.15, 0.2) is 5.03 Å². The predicted molar refractivity (Wildman–Crippen MR) is 103 cm³/mol. The van der Waals surface area contributed by atoms with E-state index < -0.39 is 10.0 Å². The Morgan fingerprint density at radius 1 is 1.12 bits per heavy atom. The lowest BCUT2D eigenvalue weighted by atomic mass is 10.1. The van der Waals surface area contributed by atoms with E-state index in [-0.39, 0.29) is 5.03 Å². The van der Waals surface area contributed by atoms with Crippen LogP contribution < -0.4 is 0 Å². The predicted octanol–water partition coefficient (Wildman–Crippen LogP) is 2.46. The van der Waals surface area contributed by atoms with Crippen molar-refractivity contribution < 1.29 is 8.42 Å². The van der Waals surface area contributed by atoms with Crippen molar-refractivity contribution in [2.45, 2.75) is 23.9 Å². The summed E-state index contributed by atoms with van der Waals surface area (Å²) in [5.74, 6) is 0. The lowest BCUT2D eigenvalue weighted by molar-refractivity contribution is 0.196. The molecule has 1 aromatic heterocycles. The summed E-state index contributed by atoms with van der Waals surface area (Å²) in [5, 5.41) is 7.35. The van der Waals surface area contributed by atoms with Gasteiger partial charge in [-0.25, -0.2) is 13.4 Å². The quantitative estimate of drug-likeness (QED) is 0.818. The fraction of sp³-hybridized carbons (Fsp3) is 0.368. The van der Waals surface area contributed by atoms with E-state index in [9.17, 15) is 8.42 Å². The highest BCUT2D eigenvalue weighted by atomic mass is 32.2. The minimum absolute atomic E-state index is 0.0921. The molecule has 0 bridgehead atoms. The molecule has 26 heavy (non-hydrogen) atoms. The van der Waals surface area contributed by atoms with E-state index in [0.29, 0.717) is 24.8 Å². The standard InChI is InChI=1S/C19H24N4O2S/c1-22(2)17-10-12-23(13-11-17)26(24,25)19-5-3-4-18(21-19)16-8-6-15(14-20)7-9-16/h3-9,14,17,20H,10-13H2,1-2H3. The number of hydrogen-bond donors (Lipinski definition) is 1. The fourth-order valence-corrected chi connectivity index (χ4v) is 4.62. The summed E-state index contributed by atoms with van der Waals surface area (Å²) in [5.41, 5.74) is 2.24. The van der Waals surface area contributed by atoms with Crippen molar-refractivity contribution in [3.05, 3.63) is 48.0 Å². The zero-order valence-corrected chi connectivity index (χ0v) is 15.9. The highest BCUT2D eigenvalue weighted by molar-refractivity contribution is 7.89. The molecule has 3 rings (SSSR count). The minimum Gasteiger partial charge on any atom is -0.308 e. The van der Waals surface area contributed by atoms with Crippen LogP contribution in [0.25, 0.3) is 11.3 Å². The highest BCUT2D eigenvalue weighted by Crippen LogP contribution is 2.24. The third-order valence-corrected chi connectivity index (χ3v) is 6.66. The maximum absolute atomic E-state index is 13.0. The summed E-state index contributed by atoms with van der Waals surface area (Å²) in [6.07, 6.45) is 2.93. The molecule has 0 aliphatic carbocycles. The lowest BCUT2D eigenvalue weighted by Gasteiger charge is -2.34. The molecule has 0 unspecified atom stereocenters. The minimum atomic E-state index is -3.59. The molecule has 2 aromatic rings.